The van der Waals surface area contributed by atoms with Crippen LogP contribution in [0, 0.1) is 0 Å². The van der Waals surface area contributed by atoms with E-state index in [9.17, 15) is 18.0 Å². The van der Waals surface area contributed by atoms with Crippen molar-refractivity contribution in [3.05, 3.63) is 0 Å². The van der Waals surface area contributed by atoms with Crippen LogP contribution in [0.25, 0.3) is 0 Å². The summed E-state index contributed by atoms with van der Waals surface area (Å²) in [4.78, 5) is 10.5. The lowest BCUT2D eigenvalue weighted by molar-refractivity contribution is -0.174. The lowest BCUT2D eigenvalue weighted by Crippen LogP contribution is -2.17. The lowest BCUT2D eigenvalue weighted by Gasteiger charge is -2.06. The minimum Gasteiger partial charge on any atom is -0.372 e. The third kappa shape index (κ3) is 13.4. The molecule has 0 heterocycles. The molecule has 15 heavy (non-hydrogen) atoms. The molecule has 0 amide bonds. The molecular weight excluding hydrogens is 209 g/mol. The molecule has 2 nitrogen and oxygen atoms in total. The second-order valence-corrected chi connectivity index (χ2v) is 3.53. The van der Waals surface area contributed by atoms with E-state index in [0.717, 1.165) is 19.3 Å². The lowest BCUT2D eigenvalue weighted by atomic mass is 10.1. The second-order valence-electron chi connectivity index (χ2n) is 3.53. The van der Waals surface area contributed by atoms with E-state index in [4.69, 9.17) is 0 Å². The predicted molar refractivity (Wildman–Crippen MR) is 50.6 cm³/mol. The standard InChI is InChI=1S/C10H17F3O2/c1-9(14)6-4-2-3-5-7-15-8-10(11,12)13/h2-8H2,1H3. The zero-order valence-corrected chi connectivity index (χ0v) is 8.90. The molecular formula is C10H17F3O2. The molecule has 0 aromatic heterocycles. The summed E-state index contributed by atoms with van der Waals surface area (Å²) >= 11 is 0. The van der Waals surface area contributed by atoms with Crippen molar-refractivity contribution in [2.75, 3.05) is 13.2 Å². The van der Waals surface area contributed by atoms with E-state index in [-0.39, 0.29) is 12.4 Å². The average molecular weight is 226 g/mol. The van der Waals surface area contributed by atoms with Gasteiger partial charge >= 0.3 is 6.18 Å². The molecule has 0 unspecified atom stereocenters. The predicted octanol–water partition coefficient (Wildman–Crippen LogP) is 3.10. The topological polar surface area (TPSA) is 26.3 Å². The van der Waals surface area contributed by atoms with Crippen LogP contribution in [0.1, 0.15) is 39.0 Å². The molecule has 0 aromatic carbocycles. The highest BCUT2D eigenvalue weighted by molar-refractivity contribution is 5.75. The number of hydrogen-bond acceptors (Lipinski definition) is 2. The minimum absolute atomic E-state index is 0.138. The number of hydrogen-bond donors (Lipinski definition) is 0. The zero-order valence-electron chi connectivity index (χ0n) is 8.90. The van der Waals surface area contributed by atoms with Crippen molar-refractivity contribution < 1.29 is 22.7 Å². The second kappa shape index (κ2) is 7.68. The van der Waals surface area contributed by atoms with Gasteiger partial charge in [-0.2, -0.15) is 13.2 Å². The van der Waals surface area contributed by atoms with E-state index in [1.807, 2.05) is 0 Å². The number of halogens is 3. The van der Waals surface area contributed by atoms with Crippen LogP contribution in [0.15, 0.2) is 0 Å². The molecule has 0 bridgehead atoms. The summed E-state index contributed by atoms with van der Waals surface area (Å²) in [6, 6.07) is 0. The summed E-state index contributed by atoms with van der Waals surface area (Å²) in [5.41, 5.74) is 0. The van der Waals surface area contributed by atoms with Crippen LogP contribution < -0.4 is 0 Å². The molecule has 0 aliphatic rings. The Bertz CT molecular complexity index is 178. The largest absolute Gasteiger partial charge is 0.411 e. The Morgan fingerprint density at radius 2 is 1.73 bits per heavy atom. The van der Waals surface area contributed by atoms with Crippen LogP contribution in [-0.2, 0) is 9.53 Å². The van der Waals surface area contributed by atoms with Gasteiger partial charge in [-0.15, -0.1) is 0 Å². The molecule has 0 spiro atoms. The molecule has 0 aromatic rings. The number of Topliss-reactive ketones (excluding diaryl/α,β-unsaturated/α-hetero) is 1. The summed E-state index contributed by atoms with van der Waals surface area (Å²) < 4.78 is 39.3. The minimum atomic E-state index is -4.23. The highest BCUT2D eigenvalue weighted by Crippen LogP contribution is 2.14. The van der Waals surface area contributed by atoms with E-state index in [2.05, 4.69) is 4.74 Å². The van der Waals surface area contributed by atoms with Crippen LogP contribution >= 0.6 is 0 Å². The van der Waals surface area contributed by atoms with Gasteiger partial charge in [-0.05, 0) is 19.8 Å². The Morgan fingerprint density at radius 3 is 2.27 bits per heavy atom. The first-order valence-electron chi connectivity index (χ1n) is 5.06. The Kier molecular flexibility index (Phi) is 7.38. The summed E-state index contributed by atoms with van der Waals surface area (Å²) in [5, 5.41) is 0. The molecule has 0 aliphatic carbocycles. The van der Waals surface area contributed by atoms with Crippen molar-refractivity contribution in [2.24, 2.45) is 0 Å². The van der Waals surface area contributed by atoms with E-state index < -0.39 is 12.8 Å². The summed E-state index contributed by atoms with van der Waals surface area (Å²) in [6.45, 7) is 0.506. The number of rotatable bonds is 8. The quantitative estimate of drug-likeness (QED) is 0.594. The van der Waals surface area contributed by atoms with Crippen LogP contribution in [0.4, 0.5) is 13.2 Å². The van der Waals surface area contributed by atoms with E-state index in [1.54, 1.807) is 0 Å². The van der Waals surface area contributed by atoms with Crippen LogP contribution in [0.2, 0.25) is 0 Å². The SMILES string of the molecule is CC(=O)CCCCCCOCC(F)(F)F. The normalized spacial score (nSPS) is 11.7. The molecule has 5 heteroatoms. The van der Waals surface area contributed by atoms with Gasteiger partial charge in [-0.25, -0.2) is 0 Å². The Balaban J connectivity index is 3.09. The first-order valence-corrected chi connectivity index (χ1v) is 5.06. The molecule has 0 atom stereocenters. The monoisotopic (exact) mass is 226 g/mol. The molecule has 0 radical (unpaired) electrons. The van der Waals surface area contributed by atoms with Crippen LogP contribution in [0.5, 0.6) is 0 Å². The molecule has 0 saturated carbocycles. The number of carbonyl (C=O) groups excluding carboxylic acids is 1. The molecule has 0 saturated heterocycles. The first kappa shape index (κ1) is 14.4. The fraction of sp³-hybridized carbons (Fsp3) is 0.900. The smallest absolute Gasteiger partial charge is 0.372 e. The van der Waals surface area contributed by atoms with Crippen LogP contribution in [0.3, 0.4) is 0 Å². The number of alkyl halides is 3. The first-order chi connectivity index (χ1) is 6.92. The van der Waals surface area contributed by atoms with E-state index in [0.29, 0.717) is 12.8 Å². The van der Waals surface area contributed by atoms with Gasteiger partial charge < -0.3 is 9.53 Å². The van der Waals surface area contributed by atoms with E-state index >= 15 is 0 Å². The zero-order chi connectivity index (χ0) is 11.7. The fourth-order valence-corrected chi connectivity index (χ4v) is 1.12. The van der Waals surface area contributed by atoms with Gasteiger partial charge in [0.2, 0.25) is 0 Å². The van der Waals surface area contributed by atoms with Crippen molar-refractivity contribution in [2.45, 2.75) is 45.2 Å². The van der Waals surface area contributed by atoms with Gasteiger partial charge in [0.05, 0.1) is 0 Å². The van der Waals surface area contributed by atoms with Gasteiger partial charge in [-0.3, -0.25) is 0 Å². The number of unbranched alkanes of at least 4 members (excludes halogenated alkanes) is 3. The maximum Gasteiger partial charge on any atom is 0.411 e. The number of carbonyl (C=O) groups is 1. The highest BCUT2D eigenvalue weighted by atomic mass is 19.4. The molecule has 0 rings (SSSR count). The molecule has 0 N–H and O–H groups in total. The van der Waals surface area contributed by atoms with Crippen molar-refractivity contribution in [3.8, 4) is 0 Å². The van der Waals surface area contributed by atoms with Gasteiger partial charge in [0.15, 0.2) is 0 Å². The van der Waals surface area contributed by atoms with Crippen molar-refractivity contribution >= 4 is 5.78 Å². The van der Waals surface area contributed by atoms with Crippen molar-refractivity contribution in [1.29, 1.82) is 0 Å². The molecule has 90 valence electrons. The molecule has 0 fully saturated rings. The summed E-state index contributed by atoms with van der Waals surface area (Å²) in [5.74, 6) is 0.156. The highest BCUT2D eigenvalue weighted by Gasteiger charge is 2.26. The Morgan fingerprint density at radius 1 is 1.13 bits per heavy atom. The number of ketones is 1. The summed E-state index contributed by atoms with van der Waals surface area (Å²) in [7, 11) is 0. The fourth-order valence-electron chi connectivity index (χ4n) is 1.12. The van der Waals surface area contributed by atoms with Gasteiger partial charge in [0, 0.05) is 13.0 Å². The van der Waals surface area contributed by atoms with Crippen molar-refractivity contribution in [3.63, 3.8) is 0 Å². The summed E-state index contributed by atoms with van der Waals surface area (Å²) in [6.07, 6.45) is -0.555. The third-order valence-corrected chi connectivity index (χ3v) is 1.83. The van der Waals surface area contributed by atoms with Gasteiger partial charge in [0.1, 0.15) is 12.4 Å². The Hall–Kier alpha value is -0.580. The maximum absolute atomic E-state index is 11.6. The average Bonchev–Trinajstić information content (AvgIpc) is 2.07. The van der Waals surface area contributed by atoms with Crippen molar-refractivity contribution in [1.82, 2.24) is 0 Å². The third-order valence-electron chi connectivity index (χ3n) is 1.83. The Labute approximate surface area is 87.8 Å². The molecule has 0 aliphatic heterocycles. The van der Waals surface area contributed by atoms with Crippen LogP contribution in [-0.4, -0.2) is 25.2 Å². The number of ether oxygens (including phenoxy) is 1. The maximum atomic E-state index is 11.6. The van der Waals surface area contributed by atoms with Gasteiger partial charge in [0.25, 0.3) is 0 Å². The van der Waals surface area contributed by atoms with Gasteiger partial charge in [-0.1, -0.05) is 12.8 Å². The van der Waals surface area contributed by atoms with E-state index in [1.165, 1.54) is 6.92 Å².